The monoisotopic (exact) mass is 303 g/mol. The Labute approximate surface area is 128 Å². The maximum absolute atomic E-state index is 12.0. The highest BCUT2D eigenvalue weighted by atomic mass is 16.2. The number of fused-ring (bicyclic) bond motifs is 1. The molecule has 0 aliphatic heterocycles. The molecule has 5 N–H and O–H groups in total. The highest BCUT2D eigenvalue weighted by Crippen LogP contribution is 2.23. The third kappa shape index (κ3) is 3.43. The molecule has 2 amide bonds. The molecule has 7 heteroatoms. The average molecular weight is 303 g/mol. The van der Waals surface area contributed by atoms with Crippen LogP contribution in [0.25, 0.3) is 10.9 Å². The summed E-state index contributed by atoms with van der Waals surface area (Å²) in [6, 6.07) is 3.09. The second-order valence-electron chi connectivity index (χ2n) is 5.62. The Morgan fingerprint density at radius 3 is 2.77 bits per heavy atom. The van der Waals surface area contributed by atoms with Crippen molar-refractivity contribution >= 4 is 28.4 Å². The summed E-state index contributed by atoms with van der Waals surface area (Å²) in [6.45, 7) is 5.55. The Balaban J connectivity index is 1.98. The zero-order valence-corrected chi connectivity index (χ0v) is 12.9. The predicted octanol–water partition coefficient (Wildman–Crippen LogP) is 0.909. The van der Waals surface area contributed by atoms with Gasteiger partial charge in [0.15, 0.2) is 0 Å². The van der Waals surface area contributed by atoms with E-state index in [0.717, 1.165) is 16.5 Å². The van der Waals surface area contributed by atoms with Gasteiger partial charge in [0.1, 0.15) is 0 Å². The molecule has 0 saturated heterocycles. The van der Waals surface area contributed by atoms with Crippen molar-refractivity contribution in [2.24, 2.45) is 11.7 Å². The van der Waals surface area contributed by atoms with Crippen molar-refractivity contribution in [2.45, 2.75) is 26.8 Å². The molecule has 0 aliphatic carbocycles. The van der Waals surface area contributed by atoms with Gasteiger partial charge in [0, 0.05) is 5.39 Å². The minimum atomic E-state index is -0.619. The predicted molar refractivity (Wildman–Crippen MR) is 85.3 cm³/mol. The second kappa shape index (κ2) is 6.57. The molecule has 1 aromatic carbocycles. The maximum atomic E-state index is 12.0. The van der Waals surface area contributed by atoms with Crippen LogP contribution in [0.3, 0.4) is 0 Å². The number of carbonyl (C=O) groups excluding carboxylic acids is 2. The summed E-state index contributed by atoms with van der Waals surface area (Å²) in [7, 11) is 0. The molecule has 0 unspecified atom stereocenters. The highest BCUT2D eigenvalue weighted by Gasteiger charge is 2.18. The SMILES string of the molecule is Cc1ccc(NC(=O)CNC(=O)[C@@H](N)C(C)C)c2[nH]ncc12. The lowest BCUT2D eigenvalue weighted by Gasteiger charge is -2.15. The Morgan fingerprint density at radius 2 is 2.09 bits per heavy atom. The van der Waals surface area contributed by atoms with E-state index in [1.54, 1.807) is 12.3 Å². The van der Waals surface area contributed by atoms with Gasteiger partial charge in [-0.15, -0.1) is 0 Å². The first-order valence-electron chi connectivity index (χ1n) is 7.16. The number of benzene rings is 1. The van der Waals surface area contributed by atoms with E-state index in [4.69, 9.17) is 5.73 Å². The van der Waals surface area contributed by atoms with E-state index in [-0.39, 0.29) is 24.3 Å². The van der Waals surface area contributed by atoms with Gasteiger partial charge in [-0.05, 0) is 24.5 Å². The van der Waals surface area contributed by atoms with Crippen LogP contribution in [0, 0.1) is 12.8 Å². The van der Waals surface area contributed by atoms with E-state index < -0.39 is 6.04 Å². The zero-order valence-electron chi connectivity index (χ0n) is 12.9. The summed E-state index contributed by atoms with van der Waals surface area (Å²) >= 11 is 0. The normalized spacial score (nSPS) is 12.4. The minimum absolute atomic E-state index is 0.0183. The van der Waals surface area contributed by atoms with Gasteiger partial charge >= 0.3 is 0 Å². The Bertz CT molecular complexity index is 692. The van der Waals surface area contributed by atoms with Crippen LogP contribution in [0.1, 0.15) is 19.4 Å². The molecule has 1 aromatic heterocycles. The number of rotatable bonds is 5. The lowest BCUT2D eigenvalue weighted by atomic mass is 10.1. The third-order valence-electron chi connectivity index (χ3n) is 3.55. The molecule has 22 heavy (non-hydrogen) atoms. The summed E-state index contributed by atoms with van der Waals surface area (Å²) in [5.41, 5.74) is 8.18. The molecule has 0 spiro atoms. The summed E-state index contributed by atoms with van der Waals surface area (Å²) in [5, 5.41) is 13.1. The van der Waals surface area contributed by atoms with Crippen LogP contribution >= 0.6 is 0 Å². The lowest BCUT2D eigenvalue weighted by molar-refractivity contribution is -0.125. The van der Waals surface area contributed by atoms with E-state index in [1.165, 1.54) is 0 Å². The zero-order chi connectivity index (χ0) is 16.3. The molecular formula is C15H21N5O2. The molecule has 7 nitrogen and oxygen atoms in total. The minimum Gasteiger partial charge on any atom is -0.346 e. The molecule has 0 radical (unpaired) electrons. The van der Waals surface area contributed by atoms with Crippen LogP contribution in [0.4, 0.5) is 5.69 Å². The van der Waals surface area contributed by atoms with Crippen LogP contribution in [-0.2, 0) is 9.59 Å². The largest absolute Gasteiger partial charge is 0.346 e. The molecule has 2 aromatic rings. The van der Waals surface area contributed by atoms with Crippen molar-refractivity contribution in [1.29, 1.82) is 0 Å². The van der Waals surface area contributed by atoms with Crippen LogP contribution < -0.4 is 16.4 Å². The topological polar surface area (TPSA) is 113 Å². The number of amides is 2. The summed E-state index contributed by atoms with van der Waals surface area (Å²) in [4.78, 5) is 23.7. The number of hydrogen-bond donors (Lipinski definition) is 4. The van der Waals surface area contributed by atoms with Gasteiger partial charge in [-0.1, -0.05) is 19.9 Å². The Hall–Kier alpha value is -2.41. The number of carbonyl (C=O) groups is 2. The molecule has 0 fully saturated rings. The number of nitrogens with zero attached hydrogens (tertiary/aromatic N) is 1. The smallest absolute Gasteiger partial charge is 0.243 e. The van der Waals surface area contributed by atoms with Crippen molar-refractivity contribution in [2.75, 3.05) is 11.9 Å². The number of aromatic nitrogens is 2. The Morgan fingerprint density at radius 1 is 1.36 bits per heavy atom. The van der Waals surface area contributed by atoms with Crippen molar-refractivity contribution in [3.8, 4) is 0 Å². The third-order valence-corrected chi connectivity index (χ3v) is 3.55. The first kappa shape index (κ1) is 16.0. The van der Waals surface area contributed by atoms with E-state index in [0.29, 0.717) is 5.69 Å². The molecule has 2 rings (SSSR count). The van der Waals surface area contributed by atoms with Crippen molar-refractivity contribution < 1.29 is 9.59 Å². The lowest BCUT2D eigenvalue weighted by Crippen LogP contribution is -2.46. The number of nitrogens with one attached hydrogen (secondary N) is 3. The summed E-state index contributed by atoms with van der Waals surface area (Å²) in [6.07, 6.45) is 1.71. The van der Waals surface area contributed by atoms with Crippen molar-refractivity contribution in [1.82, 2.24) is 15.5 Å². The number of anilines is 1. The van der Waals surface area contributed by atoms with Gasteiger partial charge in [0.05, 0.1) is 30.0 Å². The highest BCUT2D eigenvalue weighted by molar-refractivity contribution is 6.02. The second-order valence-corrected chi connectivity index (χ2v) is 5.62. The molecule has 0 aliphatic rings. The molecule has 118 valence electrons. The van der Waals surface area contributed by atoms with E-state index in [9.17, 15) is 9.59 Å². The summed E-state index contributed by atoms with van der Waals surface area (Å²) in [5.74, 6) is -0.630. The van der Waals surface area contributed by atoms with Crippen molar-refractivity contribution in [3.63, 3.8) is 0 Å². The fraction of sp³-hybridized carbons (Fsp3) is 0.400. The first-order valence-corrected chi connectivity index (χ1v) is 7.16. The van der Waals surface area contributed by atoms with Crippen LogP contribution in [0.5, 0.6) is 0 Å². The molecular weight excluding hydrogens is 282 g/mol. The fourth-order valence-corrected chi connectivity index (χ4v) is 2.06. The van der Waals surface area contributed by atoms with E-state index >= 15 is 0 Å². The number of hydrogen-bond acceptors (Lipinski definition) is 4. The average Bonchev–Trinajstić information content (AvgIpc) is 2.97. The maximum Gasteiger partial charge on any atom is 0.243 e. The van der Waals surface area contributed by atoms with E-state index in [2.05, 4.69) is 20.8 Å². The van der Waals surface area contributed by atoms with Crippen LogP contribution in [0.2, 0.25) is 0 Å². The summed E-state index contributed by atoms with van der Waals surface area (Å²) < 4.78 is 0. The number of aromatic amines is 1. The van der Waals surface area contributed by atoms with Gasteiger partial charge in [-0.3, -0.25) is 14.7 Å². The Kier molecular flexibility index (Phi) is 4.77. The molecule has 0 saturated carbocycles. The standard InChI is InChI=1S/C15H21N5O2/c1-8(2)13(16)15(22)17-7-12(21)19-11-5-4-9(3)10-6-18-20-14(10)11/h4-6,8,13H,7,16H2,1-3H3,(H,17,22)(H,18,20)(H,19,21)/t13-/m0/s1. The number of aryl methyl sites for hydroxylation is 1. The number of nitrogens with two attached hydrogens (primary N) is 1. The molecule has 0 bridgehead atoms. The van der Waals surface area contributed by atoms with Gasteiger partial charge in [0.25, 0.3) is 0 Å². The van der Waals surface area contributed by atoms with Gasteiger partial charge in [-0.2, -0.15) is 5.10 Å². The molecule has 1 atom stereocenters. The van der Waals surface area contributed by atoms with Crippen LogP contribution in [0.15, 0.2) is 18.3 Å². The van der Waals surface area contributed by atoms with Crippen LogP contribution in [-0.4, -0.2) is 34.6 Å². The van der Waals surface area contributed by atoms with Crippen molar-refractivity contribution in [3.05, 3.63) is 23.9 Å². The molecule has 1 heterocycles. The van der Waals surface area contributed by atoms with E-state index in [1.807, 2.05) is 26.8 Å². The van der Waals surface area contributed by atoms with Gasteiger partial charge in [-0.25, -0.2) is 0 Å². The van der Waals surface area contributed by atoms with Gasteiger partial charge in [0.2, 0.25) is 11.8 Å². The van der Waals surface area contributed by atoms with Gasteiger partial charge < -0.3 is 16.4 Å². The fourth-order valence-electron chi connectivity index (χ4n) is 2.06. The first-order chi connectivity index (χ1) is 10.4. The quantitative estimate of drug-likeness (QED) is 0.657. The number of H-pyrrole nitrogens is 1.